The molecule has 0 bridgehead atoms. The maximum absolute atomic E-state index is 12.9. The van der Waals surface area contributed by atoms with Gasteiger partial charge in [-0.1, -0.05) is 415 Å². The van der Waals surface area contributed by atoms with E-state index >= 15 is 0 Å². The fourth-order valence-electron chi connectivity index (χ4n) is 13.0. The third-order valence-corrected chi connectivity index (χ3v) is 19.5. The summed E-state index contributed by atoms with van der Waals surface area (Å²) in [7, 11) is 0. The number of carbonyl (C=O) groups is 4. The maximum atomic E-state index is 12.9. The zero-order valence-corrected chi connectivity index (χ0v) is 60.6. The van der Waals surface area contributed by atoms with E-state index in [9.17, 15) is 29.4 Å². The first-order valence-corrected chi connectivity index (χ1v) is 39.7. The first kappa shape index (κ1) is 87.9. The van der Waals surface area contributed by atoms with Crippen molar-refractivity contribution in [2.45, 2.75) is 441 Å². The summed E-state index contributed by atoms with van der Waals surface area (Å²) in [6.45, 7) is 17.7. The van der Waals surface area contributed by atoms with E-state index in [0.717, 1.165) is 44.9 Å². The molecule has 2 N–H and O–H groups in total. The molecule has 0 rings (SSSR count). The molecule has 6 atom stereocenters. The van der Waals surface area contributed by atoms with E-state index in [0.29, 0.717) is 37.9 Å². The van der Waals surface area contributed by atoms with Gasteiger partial charge in [0.15, 0.2) is 0 Å². The van der Waals surface area contributed by atoms with Crippen molar-refractivity contribution in [3.05, 3.63) is 0 Å². The third kappa shape index (κ3) is 62.7. The lowest BCUT2D eigenvalue weighted by atomic mass is 9.84. The monoisotopic (exact) mass is 1250 g/mol. The second-order valence-electron chi connectivity index (χ2n) is 28.4. The molecule has 8 heteroatoms. The minimum Gasteiger partial charge on any atom is -0.481 e. The van der Waals surface area contributed by atoms with Gasteiger partial charge < -0.3 is 19.7 Å². The van der Waals surface area contributed by atoms with Gasteiger partial charge in [0, 0.05) is 0 Å². The molecule has 0 aromatic heterocycles. The largest absolute Gasteiger partial charge is 0.481 e. The van der Waals surface area contributed by atoms with E-state index in [2.05, 4.69) is 41.5 Å². The lowest BCUT2D eigenvalue weighted by molar-refractivity contribution is -0.158. The van der Waals surface area contributed by atoms with Crippen LogP contribution in [0.25, 0.3) is 0 Å². The number of rotatable bonds is 70. The van der Waals surface area contributed by atoms with E-state index in [1.165, 1.54) is 327 Å². The average Bonchev–Trinajstić information content (AvgIpc) is 3.72. The Morgan fingerprint density at radius 2 is 0.455 bits per heavy atom. The van der Waals surface area contributed by atoms with Crippen LogP contribution in [0.4, 0.5) is 0 Å². The number of hydrogen-bond donors (Lipinski definition) is 2. The van der Waals surface area contributed by atoms with Crippen LogP contribution in [0.5, 0.6) is 0 Å². The molecular weight excluding hydrogens is 1090 g/mol. The quantitative estimate of drug-likeness (QED) is 0.0455. The Morgan fingerprint density at radius 1 is 0.250 bits per heavy atom. The van der Waals surface area contributed by atoms with Gasteiger partial charge in [-0.3, -0.25) is 19.2 Å². The Bertz CT molecular complexity index is 1450. The van der Waals surface area contributed by atoms with Gasteiger partial charge in [-0.05, 0) is 37.5 Å². The van der Waals surface area contributed by atoms with Gasteiger partial charge in [-0.25, -0.2) is 0 Å². The molecule has 0 saturated heterocycles. The zero-order valence-electron chi connectivity index (χ0n) is 60.6. The van der Waals surface area contributed by atoms with Gasteiger partial charge in [0.05, 0.1) is 36.9 Å². The Morgan fingerprint density at radius 3 is 0.682 bits per heavy atom. The van der Waals surface area contributed by atoms with Gasteiger partial charge in [-0.15, -0.1) is 0 Å². The van der Waals surface area contributed by atoms with Gasteiger partial charge in [0.2, 0.25) is 0 Å². The number of ether oxygens (including phenoxy) is 2. The summed E-state index contributed by atoms with van der Waals surface area (Å²) in [6.07, 6.45) is 77.5. The first-order chi connectivity index (χ1) is 42.9. The Labute approximate surface area is 549 Å². The van der Waals surface area contributed by atoms with Gasteiger partial charge >= 0.3 is 23.9 Å². The molecule has 0 aromatic rings. The van der Waals surface area contributed by atoms with Crippen LogP contribution in [0.15, 0.2) is 0 Å². The van der Waals surface area contributed by atoms with Crippen LogP contribution in [-0.2, 0) is 28.7 Å². The lowest BCUT2D eigenvalue weighted by Gasteiger charge is -2.23. The molecule has 8 nitrogen and oxygen atoms in total. The molecule has 0 aromatic carbocycles. The molecule has 0 aliphatic rings. The highest BCUT2D eigenvalue weighted by molar-refractivity contribution is 5.81. The number of aliphatic carboxylic acids is 2. The van der Waals surface area contributed by atoms with Crippen molar-refractivity contribution < 1.29 is 38.9 Å². The molecule has 0 spiro atoms. The smallest absolute Gasteiger partial charge is 0.309 e. The van der Waals surface area contributed by atoms with Crippen molar-refractivity contribution in [1.29, 1.82) is 0 Å². The Hall–Kier alpha value is -2.12. The van der Waals surface area contributed by atoms with Crippen molar-refractivity contribution in [2.75, 3.05) is 13.2 Å². The predicted molar refractivity (Wildman–Crippen MR) is 381 cm³/mol. The molecular formula is C80H156O8. The van der Waals surface area contributed by atoms with Crippen molar-refractivity contribution >= 4 is 23.9 Å². The van der Waals surface area contributed by atoms with Crippen molar-refractivity contribution in [2.24, 2.45) is 35.5 Å². The number of esters is 2. The number of unbranched alkanes of at least 4 members (excludes halogenated alkanes) is 52. The predicted octanol–water partition coefficient (Wildman–Crippen LogP) is 26.5. The minimum atomic E-state index is -0.896. The number of carboxylic acids is 2. The normalized spacial score (nSPS) is 13.5. The molecule has 0 aliphatic heterocycles. The van der Waals surface area contributed by atoms with Crippen LogP contribution in [0.2, 0.25) is 0 Å². The summed E-state index contributed by atoms with van der Waals surface area (Å²) in [4.78, 5) is 49.2. The lowest BCUT2D eigenvalue weighted by Crippen LogP contribution is -2.31. The maximum Gasteiger partial charge on any atom is 0.309 e. The molecule has 0 amide bonds. The summed E-state index contributed by atoms with van der Waals surface area (Å²) in [5.41, 5.74) is 0. The van der Waals surface area contributed by atoms with Crippen LogP contribution in [-0.4, -0.2) is 47.3 Å². The third-order valence-electron chi connectivity index (χ3n) is 19.5. The molecule has 0 radical (unpaired) electrons. The van der Waals surface area contributed by atoms with Crippen LogP contribution in [0.3, 0.4) is 0 Å². The van der Waals surface area contributed by atoms with Crippen molar-refractivity contribution in [3.63, 3.8) is 0 Å². The van der Waals surface area contributed by atoms with Crippen molar-refractivity contribution in [1.82, 2.24) is 0 Å². The fraction of sp³-hybridized carbons (Fsp3) is 0.950. The number of carboxylic acid groups (broad SMARTS) is 2. The summed E-state index contributed by atoms with van der Waals surface area (Å²) in [5.74, 6) is -4.22. The summed E-state index contributed by atoms with van der Waals surface area (Å²) in [6, 6.07) is 0. The van der Waals surface area contributed by atoms with E-state index in [4.69, 9.17) is 9.47 Å². The number of hydrogen-bond acceptors (Lipinski definition) is 6. The standard InChI is InChI=1S/2C40H78O4/c1-5-7-9-11-13-15-17-19-21-23-25-27-29-31-33-36(3)35-38(39(41)42)37(4)40(43)44-34-32-30-28-26-24-22-20-18-16-14-12-10-8-6-2;1-5-7-9-11-13-15-17-19-21-23-25-27-29-31-33-36(3)35-38(37(4)39(41)42)40(43)44-34-32-30-28-26-24-22-20-18-16-14-12-10-8-6-2/h2*36-38H,5-35H2,1-4H3,(H,41,42). The van der Waals surface area contributed by atoms with E-state index in [-0.39, 0.29) is 11.9 Å². The first-order valence-electron chi connectivity index (χ1n) is 39.7. The number of carbonyl (C=O) groups excluding carboxylic acids is 2. The topological polar surface area (TPSA) is 127 Å². The van der Waals surface area contributed by atoms with E-state index < -0.39 is 35.6 Å². The van der Waals surface area contributed by atoms with E-state index in [1.807, 2.05) is 0 Å². The molecule has 524 valence electrons. The van der Waals surface area contributed by atoms with Crippen LogP contribution < -0.4 is 0 Å². The molecule has 0 saturated carbocycles. The summed E-state index contributed by atoms with van der Waals surface area (Å²) < 4.78 is 11.1. The molecule has 6 unspecified atom stereocenters. The van der Waals surface area contributed by atoms with Crippen LogP contribution >= 0.6 is 0 Å². The second-order valence-corrected chi connectivity index (χ2v) is 28.4. The van der Waals surface area contributed by atoms with Crippen molar-refractivity contribution in [3.8, 4) is 0 Å². The minimum absolute atomic E-state index is 0.303. The highest BCUT2D eigenvalue weighted by Gasteiger charge is 2.33. The highest BCUT2D eigenvalue weighted by atomic mass is 16.5. The second kappa shape index (κ2) is 70.7. The fourth-order valence-corrected chi connectivity index (χ4v) is 13.0. The average molecular weight is 1250 g/mol. The zero-order chi connectivity index (χ0) is 65.0. The Balaban J connectivity index is 0. The summed E-state index contributed by atoms with van der Waals surface area (Å²) >= 11 is 0. The van der Waals surface area contributed by atoms with Gasteiger partial charge in [-0.2, -0.15) is 0 Å². The summed E-state index contributed by atoms with van der Waals surface area (Å²) in [5, 5.41) is 19.5. The highest BCUT2D eigenvalue weighted by Crippen LogP contribution is 2.29. The van der Waals surface area contributed by atoms with Crippen LogP contribution in [0.1, 0.15) is 441 Å². The molecule has 0 heterocycles. The SMILES string of the molecule is CCCCCCCCCCCCCCCCOC(=O)C(C)C(CC(C)CCCCCCCCCCCCCCCC)C(=O)O.CCCCCCCCCCCCCCCCOC(=O)C(CC(C)CCCCCCCCCCCCCCCC)C(C)C(=O)O. The molecule has 88 heavy (non-hydrogen) atoms. The molecule has 0 aliphatic carbocycles. The van der Waals surface area contributed by atoms with Gasteiger partial charge in [0.1, 0.15) is 0 Å². The van der Waals surface area contributed by atoms with Crippen LogP contribution in [0, 0.1) is 35.5 Å². The Kier molecular flexibility index (Phi) is 70.7. The van der Waals surface area contributed by atoms with E-state index in [1.54, 1.807) is 13.8 Å². The molecule has 0 fully saturated rings. The van der Waals surface area contributed by atoms with Gasteiger partial charge in [0.25, 0.3) is 0 Å².